The number of nitrogens with one attached hydrogen (secondary N) is 1. The third-order valence-electron chi connectivity index (χ3n) is 2.93. The van der Waals surface area contributed by atoms with Crippen LogP contribution in [-0.4, -0.2) is 16.5 Å². The average molecular weight is 317 g/mol. The van der Waals surface area contributed by atoms with E-state index in [4.69, 9.17) is 0 Å². The molecule has 1 aliphatic rings. The van der Waals surface area contributed by atoms with Crippen LogP contribution in [0.3, 0.4) is 0 Å². The molecule has 1 saturated carbocycles. The van der Waals surface area contributed by atoms with Gasteiger partial charge in [0.05, 0.1) is 3.57 Å². The number of nitrogens with zero attached hydrogens (tertiary/aromatic N) is 2. The van der Waals surface area contributed by atoms with Crippen LogP contribution in [0.1, 0.15) is 38.9 Å². The Hall–Kier alpha value is -0.390. The van der Waals surface area contributed by atoms with E-state index in [1.54, 1.807) is 0 Å². The molecular formula is C11H16IN3. The van der Waals surface area contributed by atoms with Gasteiger partial charge in [0.1, 0.15) is 11.6 Å². The van der Waals surface area contributed by atoms with Gasteiger partial charge in [-0.2, -0.15) is 0 Å². The van der Waals surface area contributed by atoms with Crippen molar-refractivity contribution in [3.8, 4) is 0 Å². The van der Waals surface area contributed by atoms with Crippen molar-refractivity contribution < 1.29 is 0 Å². The first-order chi connectivity index (χ1) is 7.04. The van der Waals surface area contributed by atoms with Crippen molar-refractivity contribution in [1.29, 1.82) is 0 Å². The summed E-state index contributed by atoms with van der Waals surface area (Å²) in [4.78, 5) is 9.01. The van der Waals surface area contributed by atoms with Crippen LogP contribution in [0.4, 0.5) is 5.82 Å². The molecule has 1 atom stereocenters. The first-order valence-corrected chi connectivity index (χ1v) is 6.39. The predicted molar refractivity (Wildman–Crippen MR) is 70.1 cm³/mol. The zero-order valence-corrected chi connectivity index (χ0v) is 11.5. The van der Waals surface area contributed by atoms with E-state index in [1.807, 2.05) is 6.20 Å². The van der Waals surface area contributed by atoms with Gasteiger partial charge in [-0.15, -0.1) is 0 Å². The number of halogens is 1. The average Bonchev–Trinajstić information content (AvgIpc) is 2.80. The number of rotatable bonds is 3. The Morgan fingerprint density at radius 3 is 2.80 bits per heavy atom. The first-order valence-electron chi connectivity index (χ1n) is 5.31. The second kappa shape index (κ2) is 3.88. The van der Waals surface area contributed by atoms with Crippen LogP contribution in [-0.2, 0) is 0 Å². The molecule has 1 unspecified atom stereocenters. The van der Waals surface area contributed by atoms with Gasteiger partial charge < -0.3 is 5.32 Å². The van der Waals surface area contributed by atoms with Gasteiger partial charge in [-0.3, -0.25) is 0 Å². The fraction of sp³-hybridized carbons (Fsp3) is 0.636. The molecule has 1 fully saturated rings. The van der Waals surface area contributed by atoms with Crippen LogP contribution in [0, 0.1) is 8.99 Å². The van der Waals surface area contributed by atoms with E-state index < -0.39 is 0 Å². The molecular weight excluding hydrogens is 301 g/mol. The van der Waals surface area contributed by atoms with Crippen LogP contribution in [0.25, 0.3) is 0 Å². The molecule has 1 heterocycles. The molecule has 0 aromatic carbocycles. The molecule has 1 N–H and O–H groups in total. The van der Waals surface area contributed by atoms with Gasteiger partial charge in [0.15, 0.2) is 0 Å². The van der Waals surface area contributed by atoms with E-state index in [9.17, 15) is 0 Å². The summed E-state index contributed by atoms with van der Waals surface area (Å²) in [5.74, 6) is 2.52. The lowest BCUT2D eigenvalue weighted by Gasteiger charge is -2.07. The lowest BCUT2D eigenvalue weighted by Crippen LogP contribution is -2.06. The molecule has 3 nitrogen and oxygen atoms in total. The monoisotopic (exact) mass is 317 g/mol. The Bertz CT molecular complexity index is 376. The molecule has 0 spiro atoms. The fourth-order valence-corrected chi connectivity index (χ4v) is 2.20. The van der Waals surface area contributed by atoms with Crippen LogP contribution in [0.2, 0.25) is 0 Å². The molecule has 0 saturated heterocycles. The maximum atomic E-state index is 4.59. The number of anilines is 1. The molecule has 82 valence electrons. The molecule has 2 rings (SSSR count). The van der Waals surface area contributed by atoms with Crippen LogP contribution in [0.15, 0.2) is 6.20 Å². The lowest BCUT2D eigenvalue weighted by atomic mass is 10.1. The minimum atomic E-state index is 0.399. The zero-order chi connectivity index (χ0) is 11.1. The van der Waals surface area contributed by atoms with E-state index in [-0.39, 0.29) is 0 Å². The number of hydrogen-bond donors (Lipinski definition) is 1. The molecule has 1 aromatic heterocycles. The quantitative estimate of drug-likeness (QED) is 0.871. The van der Waals surface area contributed by atoms with Crippen molar-refractivity contribution >= 4 is 28.4 Å². The predicted octanol–water partition coefficient (Wildman–Crippen LogP) is 3.03. The van der Waals surface area contributed by atoms with Gasteiger partial charge in [0.2, 0.25) is 0 Å². The largest absolute Gasteiger partial charge is 0.369 e. The highest BCUT2D eigenvalue weighted by molar-refractivity contribution is 14.1. The number of hydrogen-bond acceptors (Lipinski definition) is 3. The molecule has 1 aliphatic carbocycles. The SMILES string of the molecule is CCNc1nc(C2CC2(C)C)ncc1I. The van der Waals surface area contributed by atoms with Gasteiger partial charge in [0.25, 0.3) is 0 Å². The summed E-state index contributed by atoms with van der Waals surface area (Å²) in [6, 6.07) is 0. The third kappa shape index (κ3) is 2.24. The van der Waals surface area contributed by atoms with Gasteiger partial charge in [-0.1, -0.05) is 13.8 Å². The lowest BCUT2D eigenvalue weighted by molar-refractivity contribution is 0.608. The summed E-state index contributed by atoms with van der Waals surface area (Å²) in [6.07, 6.45) is 3.12. The smallest absolute Gasteiger partial charge is 0.143 e. The van der Waals surface area contributed by atoms with Crippen molar-refractivity contribution in [3.63, 3.8) is 0 Å². The van der Waals surface area contributed by atoms with Crippen molar-refractivity contribution in [2.45, 2.75) is 33.1 Å². The third-order valence-corrected chi connectivity index (χ3v) is 3.72. The molecule has 0 bridgehead atoms. The van der Waals surface area contributed by atoms with Crippen molar-refractivity contribution in [2.75, 3.05) is 11.9 Å². The summed E-state index contributed by atoms with van der Waals surface area (Å²) in [7, 11) is 0. The summed E-state index contributed by atoms with van der Waals surface area (Å²) >= 11 is 2.27. The van der Waals surface area contributed by atoms with E-state index in [0.717, 1.165) is 21.8 Å². The molecule has 0 radical (unpaired) electrons. The van der Waals surface area contributed by atoms with E-state index in [2.05, 4.69) is 58.6 Å². The Balaban J connectivity index is 2.24. The maximum absolute atomic E-state index is 4.59. The normalized spacial score (nSPS) is 22.5. The van der Waals surface area contributed by atoms with Gasteiger partial charge >= 0.3 is 0 Å². The zero-order valence-electron chi connectivity index (χ0n) is 9.34. The standard InChI is InChI=1S/C11H16IN3/c1-4-13-10-8(12)6-14-9(15-10)7-5-11(7,2)3/h6-7H,4-5H2,1-3H3,(H,13,14,15). The van der Waals surface area contributed by atoms with E-state index in [0.29, 0.717) is 11.3 Å². The van der Waals surface area contributed by atoms with Gasteiger partial charge in [0, 0.05) is 18.7 Å². The summed E-state index contributed by atoms with van der Waals surface area (Å²) in [5.41, 5.74) is 0.399. The second-order valence-corrected chi connectivity index (χ2v) is 5.86. The number of aromatic nitrogens is 2. The minimum absolute atomic E-state index is 0.399. The highest BCUT2D eigenvalue weighted by Crippen LogP contribution is 2.57. The second-order valence-electron chi connectivity index (χ2n) is 4.70. The van der Waals surface area contributed by atoms with E-state index in [1.165, 1.54) is 6.42 Å². The van der Waals surface area contributed by atoms with Crippen LogP contribution < -0.4 is 5.32 Å². The molecule has 4 heteroatoms. The molecule has 1 aromatic rings. The van der Waals surface area contributed by atoms with Gasteiger partial charge in [-0.05, 0) is 41.4 Å². The summed E-state index contributed by atoms with van der Waals surface area (Å²) in [5, 5.41) is 3.27. The highest BCUT2D eigenvalue weighted by Gasteiger charge is 2.48. The summed E-state index contributed by atoms with van der Waals surface area (Å²) in [6.45, 7) is 7.53. The van der Waals surface area contributed by atoms with Crippen molar-refractivity contribution in [3.05, 3.63) is 15.6 Å². The van der Waals surface area contributed by atoms with Crippen LogP contribution in [0.5, 0.6) is 0 Å². The molecule has 15 heavy (non-hydrogen) atoms. The Kier molecular flexibility index (Phi) is 2.87. The Morgan fingerprint density at radius 1 is 1.60 bits per heavy atom. The van der Waals surface area contributed by atoms with Crippen molar-refractivity contribution in [2.24, 2.45) is 5.41 Å². The van der Waals surface area contributed by atoms with E-state index >= 15 is 0 Å². The summed E-state index contributed by atoms with van der Waals surface area (Å²) < 4.78 is 1.09. The first kappa shape index (κ1) is 11.1. The fourth-order valence-electron chi connectivity index (χ4n) is 1.75. The Morgan fingerprint density at radius 2 is 2.27 bits per heavy atom. The molecule has 0 amide bonds. The molecule has 0 aliphatic heterocycles. The van der Waals surface area contributed by atoms with Crippen LogP contribution >= 0.6 is 22.6 Å². The highest BCUT2D eigenvalue weighted by atomic mass is 127. The minimum Gasteiger partial charge on any atom is -0.369 e. The maximum Gasteiger partial charge on any atom is 0.143 e. The topological polar surface area (TPSA) is 37.8 Å². The Labute approximate surface area is 104 Å². The van der Waals surface area contributed by atoms with Gasteiger partial charge in [-0.25, -0.2) is 9.97 Å². The van der Waals surface area contributed by atoms with Crippen molar-refractivity contribution in [1.82, 2.24) is 9.97 Å².